The Bertz CT molecular complexity index is 19.5. The van der Waals surface area contributed by atoms with E-state index in [0.717, 1.165) is 0 Å². The molecule has 0 saturated carbocycles. The molecule has 0 amide bonds. The number of hydrogen-bond donors (Lipinski definition) is 0. The molecule has 0 unspecified atom stereocenters. The van der Waals surface area contributed by atoms with Crippen molar-refractivity contribution in [2.75, 3.05) is 0 Å². The van der Waals surface area contributed by atoms with Gasteiger partial charge >= 0.3 is 25.3 Å². The van der Waals surface area contributed by atoms with E-state index in [0.29, 0.717) is 0 Å². The van der Waals surface area contributed by atoms with Gasteiger partial charge in [0.2, 0.25) is 0 Å². The van der Waals surface area contributed by atoms with E-state index in [1.165, 1.54) is 0 Å². The minimum atomic E-state index is 3.50. The Balaban J connectivity index is 0. The van der Waals surface area contributed by atoms with Gasteiger partial charge in [-0.05, 0) is 0 Å². The molecule has 0 aliphatic rings. The third kappa shape index (κ3) is 2.31. The summed E-state index contributed by atoms with van der Waals surface area (Å²) in [4.78, 5) is 0. The van der Waals surface area contributed by atoms with Crippen LogP contribution in [-0.4, -0.2) is 15.0 Å². The fourth-order valence-electron chi connectivity index (χ4n) is 0. The van der Waals surface area contributed by atoms with E-state index in [9.17, 15) is 0 Å². The van der Waals surface area contributed by atoms with Gasteiger partial charge in [-0.1, -0.05) is 0 Å². The van der Waals surface area contributed by atoms with Crippen molar-refractivity contribution in [3.63, 3.8) is 0 Å². The second kappa shape index (κ2) is 30.2. The summed E-state index contributed by atoms with van der Waals surface area (Å²) >= 11 is 0. The van der Waals surface area contributed by atoms with Crippen LogP contribution in [0.3, 0.4) is 0 Å². The average molecular weight is 49.6 g/mol. The van der Waals surface area contributed by atoms with E-state index in [1.54, 1.807) is 0 Å². The SMILES string of the molecule is B#N.B#N. The molecule has 0 radical (unpaired) electrons. The molecule has 4 heteroatoms. The van der Waals surface area contributed by atoms with E-state index in [2.05, 4.69) is 15.0 Å². The van der Waals surface area contributed by atoms with Crippen LogP contribution in [0.4, 0.5) is 0 Å². The first-order valence-electron chi connectivity index (χ1n) is 0.516. The van der Waals surface area contributed by atoms with Gasteiger partial charge in [0.15, 0.2) is 0 Å². The molecule has 0 aromatic heterocycles. The van der Waals surface area contributed by atoms with Crippen molar-refractivity contribution >= 4 is 15.0 Å². The molecule has 0 fully saturated rings. The normalized spacial score (nSPS) is 2.50. The van der Waals surface area contributed by atoms with Crippen molar-refractivity contribution in [2.45, 2.75) is 0 Å². The average Bonchev–Trinajstić information content (AvgIpc) is 1.50. The Morgan fingerprint density at radius 2 is 0.750 bits per heavy atom. The molecule has 0 aromatic carbocycles. The molecule has 0 atom stereocenters. The maximum absolute atomic E-state index is 6.50. The van der Waals surface area contributed by atoms with Crippen LogP contribution in [0.15, 0.2) is 0 Å². The Morgan fingerprint density at radius 1 is 0.750 bits per heavy atom. The summed E-state index contributed by atoms with van der Waals surface area (Å²) < 4.78 is 0. The molecule has 0 aromatic rings. The van der Waals surface area contributed by atoms with Crippen molar-refractivity contribution < 1.29 is 0 Å². The van der Waals surface area contributed by atoms with Gasteiger partial charge in [-0.3, -0.25) is 0 Å². The molecule has 4 heavy (non-hydrogen) atoms. The van der Waals surface area contributed by atoms with Gasteiger partial charge in [-0.15, -0.1) is 0 Å². The van der Waals surface area contributed by atoms with E-state index in [1.807, 2.05) is 0 Å². The number of hydrogen-bond acceptors (Lipinski definition) is 2. The molecule has 0 spiro atoms. The number of rotatable bonds is 0. The Labute approximate surface area is 26.5 Å². The minimum absolute atomic E-state index is 3.50. The zero-order chi connectivity index (χ0) is 4.00. The van der Waals surface area contributed by atoms with Gasteiger partial charge in [-0.25, -0.2) is 0 Å². The fraction of sp³-hybridized carbons (Fsp3) is 0. The summed E-state index contributed by atoms with van der Waals surface area (Å²) in [6.07, 6.45) is 0. The van der Waals surface area contributed by atoms with Crippen LogP contribution >= 0.6 is 0 Å². The molecule has 16 valence electrons. The first-order chi connectivity index (χ1) is 2.00. The predicted molar refractivity (Wildman–Crippen MR) is 15.0 cm³/mol. The van der Waals surface area contributed by atoms with Crippen molar-refractivity contribution in [3.05, 3.63) is 0 Å². The molecular formula is B2N2. The molecular weight excluding hydrogens is 49.6 g/mol. The third-order valence-corrected chi connectivity index (χ3v) is 0. The van der Waals surface area contributed by atoms with E-state index >= 15 is 0 Å². The summed E-state index contributed by atoms with van der Waals surface area (Å²) in [6, 6.07) is 0. The van der Waals surface area contributed by atoms with Gasteiger partial charge in [0.25, 0.3) is 0 Å². The predicted octanol–water partition coefficient (Wildman–Crippen LogP) is -0.731. The zero-order valence-electron chi connectivity index (χ0n) is 2.05. The quantitative estimate of drug-likeness (QED) is 0.339. The van der Waals surface area contributed by atoms with Gasteiger partial charge in [0.1, 0.15) is 0 Å². The third-order valence-electron chi connectivity index (χ3n) is 0. The molecule has 0 aliphatic heterocycles. The van der Waals surface area contributed by atoms with Crippen LogP contribution in [0.2, 0.25) is 0 Å². The van der Waals surface area contributed by atoms with Crippen molar-refractivity contribution in [1.29, 1.82) is 10.3 Å². The maximum atomic E-state index is 6.50. The summed E-state index contributed by atoms with van der Waals surface area (Å²) in [7, 11) is 7.00. The van der Waals surface area contributed by atoms with Crippen molar-refractivity contribution in [1.82, 2.24) is 0 Å². The zero-order valence-corrected chi connectivity index (χ0v) is 2.05. The van der Waals surface area contributed by atoms with Crippen LogP contribution in [0.1, 0.15) is 0 Å². The first kappa shape index (κ1) is 9.61. The Morgan fingerprint density at radius 3 is 0.750 bits per heavy atom. The molecule has 0 heterocycles. The molecule has 0 N–H and O–H groups in total. The van der Waals surface area contributed by atoms with E-state index in [4.69, 9.17) is 10.3 Å². The first-order valence-corrected chi connectivity index (χ1v) is 0.516. The molecule has 2 nitrogen and oxygen atoms in total. The van der Waals surface area contributed by atoms with Crippen LogP contribution < -0.4 is 0 Å². The second-order valence-electron chi connectivity index (χ2n) is 0. The van der Waals surface area contributed by atoms with Crippen molar-refractivity contribution in [2.24, 2.45) is 0 Å². The molecule has 0 rings (SSSR count). The summed E-state index contributed by atoms with van der Waals surface area (Å²) in [6.45, 7) is 0. The van der Waals surface area contributed by atoms with Gasteiger partial charge in [-0.2, -0.15) is 0 Å². The van der Waals surface area contributed by atoms with E-state index < -0.39 is 0 Å². The van der Waals surface area contributed by atoms with Gasteiger partial charge in [0, 0.05) is 0 Å². The molecule has 0 aliphatic carbocycles. The molecule has 0 saturated heterocycles. The van der Waals surface area contributed by atoms with Crippen LogP contribution in [0, 0.1) is 10.3 Å². The van der Waals surface area contributed by atoms with Gasteiger partial charge < -0.3 is 0 Å². The van der Waals surface area contributed by atoms with Crippen LogP contribution in [-0.2, 0) is 0 Å². The fourth-order valence-corrected chi connectivity index (χ4v) is 0. The van der Waals surface area contributed by atoms with Gasteiger partial charge in [0.05, 0.1) is 0 Å². The Hall–Kier alpha value is -0.450. The molecule has 0 bridgehead atoms. The Kier molecular flexibility index (Phi) is 72.6. The standard InChI is InChI=1S/2BN/c2*1-2. The summed E-state index contributed by atoms with van der Waals surface area (Å²) in [5.41, 5.74) is 0. The van der Waals surface area contributed by atoms with Crippen LogP contribution in [0.25, 0.3) is 0 Å². The number of nitrogens with zero attached hydrogens (tertiary/aromatic N) is 2. The summed E-state index contributed by atoms with van der Waals surface area (Å²) in [5.74, 6) is 0. The summed E-state index contributed by atoms with van der Waals surface area (Å²) in [5, 5.41) is 13.0. The topological polar surface area (TPSA) is 47.6 Å². The van der Waals surface area contributed by atoms with E-state index in [-0.39, 0.29) is 0 Å². The second-order valence-corrected chi connectivity index (χ2v) is 0. The van der Waals surface area contributed by atoms with Crippen LogP contribution in [0.5, 0.6) is 0 Å². The monoisotopic (exact) mass is 50.0 g/mol. The van der Waals surface area contributed by atoms with Crippen molar-refractivity contribution in [3.8, 4) is 0 Å².